The predicted octanol–water partition coefficient (Wildman–Crippen LogP) is 2.62. The highest BCUT2D eigenvalue weighted by molar-refractivity contribution is 5.61. The van der Waals surface area contributed by atoms with Crippen LogP contribution in [0.4, 0.5) is 5.69 Å². The van der Waals surface area contributed by atoms with E-state index in [1.807, 2.05) is 0 Å². The predicted molar refractivity (Wildman–Crippen MR) is 85.3 cm³/mol. The number of likely N-dealkylation sites (tertiary alicyclic amines) is 1. The molecule has 2 aliphatic heterocycles. The van der Waals surface area contributed by atoms with Crippen LogP contribution >= 0.6 is 0 Å². The van der Waals surface area contributed by atoms with Crippen LogP contribution in [0, 0.1) is 0 Å². The summed E-state index contributed by atoms with van der Waals surface area (Å²) in [7, 11) is 0. The topological polar surface area (TPSA) is 27.3 Å². The molecule has 2 N–H and O–H groups in total. The van der Waals surface area contributed by atoms with Gasteiger partial charge >= 0.3 is 0 Å². The van der Waals surface area contributed by atoms with Crippen molar-refractivity contribution in [2.45, 2.75) is 38.6 Å². The van der Waals surface area contributed by atoms with Crippen LogP contribution in [0.1, 0.15) is 36.8 Å². The first-order chi connectivity index (χ1) is 9.93. The van der Waals surface area contributed by atoms with Crippen LogP contribution in [-0.4, -0.2) is 37.6 Å². The first-order valence-corrected chi connectivity index (χ1v) is 8.21. The summed E-state index contributed by atoms with van der Waals surface area (Å²) in [6.07, 6.45) is 6.79. The first kappa shape index (κ1) is 13.9. The minimum Gasteiger partial charge on any atom is -0.384 e. The SMILES string of the molecule is c1cc2c(c(CNCCN3CCCCCC3)c1)NCC2. The number of hydrogen-bond acceptors (Lipinski definition) is 3. The van der Waals surface area contributed by atoms with Gasteiger partial charge in [-0.05, 0) is 43.5 Å². The van der Waals surface area contributed by atoms with Gasteiger partial charge in [0.1, 0.15) is 0 Å². The third kappa shape index (κ3) is 3.53. The highest BCUT2D eigenvalue weighted by atomic mass is 15.1. The van der Waals surface area contributed by atoms with Crippen LogP contribution < -0.4 is 10.6 Å². The minimum atomic E-state index is 0.990. The van der Waals surface area contributed by atoms with Crippen molar-refractivity contribution in [3.05, 3.63) is 29.3 Å². The Hall–Kier alpha value is -1.06. The lowest BCUT2D eigenvalue weighted by molar-refractivity contribution is 0.284. The second-order valence-electron chi connectivity index (χ2n) is 6.06. The van der Waals surface area contributed by atoms with Crippen molar-refractivity contribution in [2.24, 2.45) is 0 Å². The van der Waals surface area contributed by atoms with Gasteiger partial charge in [0.25, 0.3) is 0 Å². The van der Waals surface area contributed by atoms with Crippen LogP contribution in [0.3, 0.4) is 0 Å². The Balaban J connectivity index is 1.43. The maximum absolute atomic E-state index is 3.62. The Kier molecular flexibility index (Phi) is 4.93. The highest BCUT2D eigenvalue weighted by Crippen LogP contribution is 2.26. The van der Waals surface area contributed by atoms with Crippen LogP contribution in [0.5, 0.6) is 0 Å². The van der Waals surface area contributed by atoms with Gasteiger partial charge in [-0.25, -0.2) is 0 Å². The lowest BCUT2D eigenvalue weighted by Crippen LogP contribution is -2.32. The molecule has 3 nitrogen and oxygen atoms in total. The average molecular weight is 273 g/mol. The lowest BCUT2D eigenvalue weighted by Gasteiger charge is -2.20. The quantitative estimate of drug-likeness (QED) is 0.808. The number of benzene rings is 1. The zero-order valence-corrected chi connectivity index (χ0v) is 12.5. The van der Waals surface area contributed by atoms with Gasteiger partial charge in [-0.2, -0.15) is 0 Å². The number of hydrogen-bond donors (Lipinski definition) is 2. The third-order valence-corrected chi connectivity index (χ3v) is 4.55. The molecular weight excluding hydrogens is 246 g/mol. The smallest absolute Gasteiger partial charge is 0.0419 e. The van der Waals surface area contributed by atoms with Gasteiger partial charge in [-0.1, -0.05) is 31.0 Å². The van der Waals surface area contributed by atoms with Gasteiger partial charge in [0.2, 0.25) is 0 Å². The van der Waals surface area contributed by atoms with Crippen molar-refractivity contribution in [2.75, 3.05) is 38.0 Å². The summed E-state index contributed by atoms with van der Waals surface area (Å²) in [5.41, 5.74) is 4.29. The molecule has 0 aliphatic carbocycles. The Morgan fingerprint density at radius 2 is 1.95 bits per heavy atom. The Labute approximate surface area is 122 Å². The fraction of sp³-hybridized carbons (Fsp3) is 0.647. The summed E-state index contributed by atoms with van der Waals surface area (Å²) in [5, 5.41) is 7.13. The molecule has 0 atom stereocenters. The second kappa shape index (κ2) is 7.09. The van der Waals surface area contributed by atoms with E-state index >= 15 is 0 Å². The number of nitrogens with zero attached hydrogens (tertiary/aromatic N) is 1. The van der Waals surface area contributed by atoms with E-state index < -0.39 is 0 Å². The van der Waals surface area contributed by atoms with Crippen LogP contribution in [0.15, 0.2) is 18.2 Å². The Bertz CT molecular complexity index is 422. The molecule has 110 valence electrons. The molecule has 0 saturated carbocycles. The van der Waals surface area contributed by atoms with Gasteiger partial charge in [0.05, 0.1) is 0 Å². The van der Waals surface area contributed by atoms with Crippen LogP contribution in [0.2, 0.25) is 0 Å². The molecule has 0 unspecified atom stereocenters. The van der Waals surface area contributed by atoms with Crippen molar-refractivity contribution < 1.29 is 0 Å². The van der Waals surface area contributed by atoms with E-state index in [0.29, 0.717) is 0 Å². The zero-order chi connectivity index (χ0) is 13.6. The van der Waals surface area contributed by atoms with Crippen molar-refractivity contribution in [1.29, 1.82) is 0 Å². The third-order valence-electron chi connectivity index (χ3n) is 4.55. The fourth-order valence-electron chi connectivity index (χ4n) is 3.38. The first-order valence-electron chi connectivity index (χ1n) is 8.21. The molecule has 1 aromatic carbocycles. The van der Waals surface area contributed by atoms with E-state index in [0.717, 1.165) is 19.6 Å². The number of anilines is 1. The van der Waals surface area contributed by atoms with E-state index in [1.54, 1.807) is 0 Å². The Morgan fingerprint density at radius 1 is 1.10 bits per heavy atom. The van der Waals surface area contributed by atoms with Gasteiger partial charge < -0.3 is 15.5 Å². The molecule has 3 heteroatoms. The van der Waals surface area contributed by atoms with Gasteiger partial charge in [0, 0.05) is 31.9 Å². The summed E-state index contributed by atoms with van der Waals surface area (Å²) < 4.78 is 0. The van der Waals surface area contributed by atoms with E-state index in [1.165, 1.54) is 68.6 Å². The maximum Gasteiger partial charge on any atom is 0.0419 e. The molecule has 2 aliphatic rings. The summed E-state index contributed by atoms with van der Waals surface area (Å²) in [6, 6.07) is 6.68. The Morgan fingerprint density at radius 3 is 2.80 bits per heavy atom. The summed E-state index contributed by atoms with van der Waals surface area (Å²) in [5.74, 6) is 0. The van der Waals surface area contributed by atoms with Gasteiger partial charge in [-0.3, -0.25) is 0 Å². The van der Waals surface area contributed by atoms with Gasteiger partial charge in [-0.15, -0.1) is 0 Å². The van der Waals surface area contributed by atoms with E-state index in [2.05, 4.69) is 33.7 Å². The maximum atomic E-state index is 3.62. The summed E-state index contributed by atoms with van der Waals surface area (Å²) >= 11 is 0. The molecule has 1 saturated heterocycles. The van der Waals surface area contributed by atoms with Crippen molar-refractivity contribution in [1.82, 2.24) is 10.2 Å². The molecule has 0 bridgehead atoms. The molecule has 3 rings (SSSR count). The fourth-order valence-corrected chi connectivity index (χ4v) is 3.38. The molecule has 2 heterocycles. The normalized spacial score (nSPS) is 19.4. The van der Waals surface area contributed by atoms with E-state index in [9.17, 15) is 0 Å². The molecule has 0 radical (unpaired) electrons. The lowest BCUT2D eigenvalue weighted by atomic mass is 10.1. The van der Waals surface area contributed by atoms with Crippen LogP contribution in [0.25, 0.3) is 0 Å². The van der Waals surface area contributed by atoms with Crippen molar-refractivity contribution >= 4 is 5.69 Å². The number of para-hydroxylation sites is 1. The number of nitrogens with one attached hydrogen (secondary N) is 2. The standard InChI is InChI=1S/C17H27N3/c1-2-4-12-20(11-3-1)13-10-18-14-16-7-5-6-15-8-9-19-17(15)16/h5-7,18-19H,1-4,8-14H2. The molecular formula is C17H27N3. The number of fused-ring (bicyclic) bond motifs is 1. The van der Waals surface area contributed by atoms with Crippen LogP contribution in [-0.2, 0) is 13.0 Å². The monoisotopic (exact) mass is 273 g/mol. The molecule has 0 aromatic heterocycles. The average Bonchev–Trinajstić information content (AvgIpc) is 2.81. The van der Waals surface area contributed by atoms with E-state index in [4.69, 9.17) is 0 Å². The molecule has 0 amide bonds. The van der Waals surface area contributed by atoms with Gasteiger partial charge in [0.15, 0.2) is 0 Å². The number of rotatable bonds is 5. The largest absolute Gasteiger partial charge is 0.384 e. The van der Waals surface area contributed by atoms with E-state index in [-0.39, 0.29) is 0 Å². The molecule has 1 fully saturated rings. The minimum absolute atomic E-state index is 0.990. The summed E-state index contributed by atoms with van der Waals surface area (Å²) in [6.45, 7) is 6.98. The molecule has 20 heavy (non-hydrogen) atoms. The second-order valence-corrected chi connectivity index (χ2v) is 6.06. The molecule has 0 spiro atoms. The zero-order valence-electron chi connectivity index (χ0n) is 12.5. The molecule has 1 aromatic rings. The highest BCUT2D eigenvalue weighted by Gasteiger charge is 2.13. The van der Waals surface area contributed by atoms with Crippen molar-refractivity contribution in [3.8, 4) is 0 Å². The summed E-state index contributed by atoms with van der Waals surface area (Å²) in [4.78, 5) is 2.62. The van der Waals surface area contributed by atoms with Crippen molar-refractivity contribution in [3.63, 3.8) is 0 Å².